The van der Waals surface area contributed by atoms with Gasteiger partial charge in [-0.2, -0.15) is 0 Å². The van der Waals surface area contributed by atoms with Crippen molar-refractivity contribution in [3.05, 3.63) is 64.5 Å². The molecule has 0 bridgehead atoms. The van der Waals surface area contributed by atoms with Crippen LogP contribution in [0.3, 0.4) is 0 Å². The number of benzene rings is 1. The van der Waals surface area contributed by atoms with Crippen molar-refractivity contribution < 1.29 is 14.3 Å². The van der Waals surface area contributed by atoms with Crippen molar-refractivity contribution in [3.63, 3.8) is 0 Å². The van der Waals surface area contributed by atoms with E-state index in [9.17, 15) is 14.4 Å². The van der Waals surface area contributed by atoms with E-state index in [1.165, 1.54) is 18.0 Å². The molecular formula is C22H24N4O4. The van der Waals surface area contributed by atoms with Crippen molar-refractivity contribution in [2.24, 2.45) is 0 Å². The predicted molar refractivity (Wildman–Crippen MR) is 111 cm³/mol. The number of carbonyl (C=O) groups is 2. The number of piperidine rings is 1. The smallest absolute Gasteiger partial charge is 0.354 e. The van der Waals surface area contributed by atoms with Crippen LogP contribution in [0.15, 0.2) is 47.7 Å². The maximum Gasteiger partial charge on any atom is 0.354 e. The minimum absolute atomic E-state index is 0.0304. The number of fused-ring (bicyclic) bond motifs is 1. The Kier molecular flexibility index (Phi) is 5.39. The molecule has 2 aromatic heterocycles. The molecule has 8 nitrogen and oxygen atoms in total. The monoisotopic (exact) mass is 408 g/mol. The van der Waals surface area contributed by atoms with E-state index in [-0.39, 0.29) is 30.0 Å². The van der Waals surface area contributed by atoms with E-state index in [1.54, 1.807) is 17.0 Å². The summed E-state index contributed by atoms with van der Waals surface area (Å²) in [6.45, 7) is 3.01. The summed E-state index contributed by atoms with van der Waals surface area (Å²) in [5, 5.41) is 0.520. The quantitative estimate of drug-likeness (QED) is 0.618. The van der Waals surface area contributed by atoms with Crippen LogP contribution in [0.5, 0.6) is 0 Å². The molecule has 1 amide bonds. The van der Waals surface area contributed by atoms with E-state index in [0.717, 1.165) is 18.4 Å². The Morgan fingerprint density at radius 3 is 2.67 bits per heavy atom. The Labute approximate surface area is 173 Å². The second kappa shape index (κ2) is 8.14. The Morgan fingerprint density at radius 2 is 1.93 bits per heavy atom. The number of nitrogens with zero attached hydrogens (tertiary/aromatic N) is 4. The number of hydrogen-bond donors (Lipinski definition) is 0. The first kappa shape index (κ1) is 19.9. The second-order valence-electron chi connectivity index (χ2n) is 7.55. The highest BCUT2D eigenvalue weighted by molar-refractivity contribution is 5.87. The van der Waals surface area contributed by atoms with E-state index in [1.807, 2.05) is 35.9 Å². The highest BCUT2D eigenvalue weighted by Crippen LogP contribution is 2.25. The molecule has 0 saturated carbocycles. The Bertz CT molecular complexity index is 1160. The van der Waals surface area contributed by atoms with E-state index in [2.05, 4.69) is 4.98 Å². The Hall–Kier alpha value is -3.42. The zero-order chi connectivity index (χ0) is 21.3. The molecular weight excluding hydrogens is 384 g/mol. The second-order valence-corrected chi connectivity index (χ2v) is 7.55. The highest BCUT2D eigenvalue weighted by Gasteiger charge is 2.26. The van der Waals surface area contributed by atoms with Crippen molar-refractivity contribution in [2.75, 3.05) is 20.2 Å². The molecule has 0 atom stereocenters. The van der Waals surface area contributed by atoms with Gasteiger partial charge in [-0.25, -0.2) is 9.78 Å². The number of aryl methyl sites for hydroxylation is 1. The van der Waals surface area contributed by atoms with E-state index >= 15 is 0 Å². The van der Waals surface area contributed by atoms with Crippen molar-refractivity contribution in [1.29, 1.82) is 0 Å². The van der Waals surface area contributed by atoms with Crippen LogP contribution in [-0.4, -0.2) is 51.1 Å². The topological polar surface area (TPSA) is 86.4 Å². The molecule has 156 valence electrons. The lowest BCUT2D eigenvalue weighted by molar-refractivity contribution is -0.133. The first-order chi connectivity index (χ1) is 14.5. The fourth-order valence-electron chi connectivity index (χ4n) is 4.08. The van der Waals surface area contributed by atoms with Gasteiger partial charge in [0.15, 0.2) is 0 Å². The van der Waals surface area contributed by atoms with Crippen LogP contribution in [0, 0.1) is 6.92 Å². The minimum Gasteiger partial charge on any atom is -0.464 e. The lowest BCUT2D eigenvalue weighted by Gasteiger charge is -2.33. The van der Waals surface area contributed by atoms with Crippen LogP contribution in [0.1, 0.15) is 34.9 Å². The molecule has 1 aliphatic heterocycles. The number of ether oxygens (including phenoxy) is 1. The average Bonchev–Trinajstić information content (AvgIpc) is 3.25. The van der Waals surface area contributed by atoms with Gasteiger partial charge in [0.25, 0.3) is 5.56 Å². The number of methoxy groups -OCH3 is 1. The minimum atomic E-state index is -0.364. The number of para-hydroxylation sites is 1. The molecule has 3 heterocycles. The summed E-state index contributed by atoms with van der Waals surface area (Å²) in [6, 6.07) is 9.16. The highest BCUT2D eigenvalue weighted by atomic mass is 16.5. The van der Waals surface area contributed by atoms with Crippen LogP contribution < -0.4 is 5.56 Å². The summed E-state index contributed by atoms with van der Waals surface area (Å²) in [6.07, 6.45) is 4.78. The van der Waals surface area contributed by atoms with E-state index in [0.29, 0.717) is 29.7 Å². The zero-order valence-corrected chi connectivity index (χ0v) is 17.1. The van der Waals surface area contributed by atoms with Gasteiger partial charge in [0.2, 0.25) is 5.91 Å². The summed E-state index contributed by atoms with van der Waals surface area (Å²) in [5.41, 5.74) is 1.91. The van der Waals surface area contributed by atoms with Crippen LogP contribution >= 0.6 is 0 Å². The number of esters is 1. The van der Waals surface area contributed by atoms with E-state index in [4.69, 9.17) is 4.74 Å². The average molecular weight is 408 g/mol. The number of hydrogen-bond acceptors (Lipinski definition) is 5. The Balaban J connectivity index is 1.44. The summed E-state index contributed by atoms with van der Waals surface area (Å²) in [5.74, 6) is -0.470. The van der Waals surface area contributed by atoms with Crippen molar-refractivity contribution >= 4 is 22.8 Å². The molecule has 3 aromatic rings. The van der Waals surface area contributed by atoms with Gasteiger partial charge in [-0.1, -0.05) is 12.1 Å². The molecule has 0 aliphatic carbocycles. The van der Waals surface area contributed by atoms with Crippen LogP contribution in [0.4, 0.5) is 0 Å². The fraction of sp³-hybridized carbons (Fsp3) is 0.364. The molecule has 1 aromatic carbocycles. The molecule has 0 radical (unpaired) electrons. The third-order valence-electron chi connectivity index (χ3n) is 5.74. The maximum absolute atomic E-state index is 12.8. The third kappa shape index (κ3) is 3.60. The maximum atomic E-state index is 12.8. The number of amides is 1. The van der Waals surface area contributed by atoms with Crippen molar-refractivity contribution in [1.82, 2.24) is 19.0 Å². The molecule has 8 heteroatoms. The lowest BCUT2D eigenvalue weighted by atomic mass is 10.0. The predicted octanol–water partition coefficient (Wildman–Crippen LogP) is 2.16. The van der Waals surface area contributed by atoms with Gasteiger partial charge in [0, 0.05) is 25.3 Å². The van der Waals surface area contributed by atoms with Gasteiger partial charge < -0.3 is 14.2 Å². The van der Waals surface area contributed by atoms with E-state index < -0.39 is 0 Å². The van der Waals surface area contributed by atoms with Gasteiger partial charge >= 0.3 is 5.97 Å². The first-order valence-electron chi connectivity index (χ1n) is 9.97. The summed E-state index contributed by atoms with van der Waals surface area (Å²) >= 11 is 0. The van der Waals surface area contributed by atoms with Crippen LogP contribution in [0.25, 0.3) is 10.9 Å². The summed E-state index contributed by atoms with van der Waals surface area (Å²) in [7, 11) is 1.37. The van der Waals surface area contributed by atoms with Gasteiger partial charge in [0.1, 0.15) is 12.2 Å². The number of carbonyl (C=O) groups excluding carboxylic acids is 2. The molecule has 0 spiro atoms. The van der Waals surface area contributed by atoms with Gasteiger partial charge in [-0.15, -0.1) is 0 Å². The largest absolute Gasteiger partial charge is 0.464 e. The normalized spacial score (nSPS) is 14.8. The standard InChI is InChI=1S/C22H24N4O4/c1-15-5-3-6-17-20(15)23-14-25(21(17)28)13-19(27)24-11-8-16(9-12-24)26-10-4-7-18(26)22(29)30-2/h3-7,10,14,16H,8-9,11-13H2,1-2H3. The molecule has 1 fully saturated rings. The molecule has 30 heavy (non-hydrogen) atoms. The zero-order valence-electron chi connectivity index (χ0n) is 17.1. The summed E-state index contributed by atoms with van der Waals surface area (Å²) < 4.78 is 8.14. The van der Waals surface area contributed by atoms with Gasteiger partial charge in [-0.05, 0) is 43.5 Å². The number of aromatic nitrogens is 3. The summed E-state index contributed by atoms with van der Waals surface area (Å²) in [4.78, 5) is 43.6. The molecule has 1 saturated heterocycles. The SMILES string of the molecule is COC(=O)c1cccn1C1CCN(C(=O)Cn2cnc3c(C)cccc3c2=O)CC1. The Morgan fingerprint density at radius 1 is 1.17 bits per heavy atom. The molecule has 0 unspecified atom stereocenters. The molecule has 1 aliphatic rings. The van der Waals surface area contributed by atoms with Crippen LogP contribution in [0.2, 0.25) is 0 Å². The van der Waals surface area contributed by atoms with Crippen molar-refractivity contribution in [3.8, 4) is 0 Å². The van der Waals surface area contributed by atoms with Crippen molar-refractivity contribution in [2.45, 2.75) is 32.4 Å². The first-order valence-corrected chi connectivity index (χ1v) is 9.97. The van der Waals surface area contributed by atoms with Gasteiger partial charge in [-0.3, -0.25) is 14.2 Å². The van der Waals surface area contributed by atoms with Crippen LogP contribution in [-0.2, 0) is 16.1 Å². The molecule has 0 N–H and O–H groups in total. The lowest BCUT2D eigenvalue weighted by Crippen LogP contribution is -2.42. The third-order valence-corrected chi connectivity index (χ3v) is 5.74. The number of rotatable bonds is 4. The molecule has 4 rings (SSSR count). The number of likely N-dealkylation sites (tertiary alicyclic amines) is 1. The fourth-order valence-corrected chi connectivity index (χ4v) is 4.08. The van der Waals surface area contributed by atoms with Gasteiger partial charge in [0.05, 0.1) is 24.3 Å².